The number of sulfonamides is 1. The smallest absolute Gasteiger partial charge is 0.278 e. The minimum Gasteiger partial charge on any atom is -0.350 e. The zero-order chi connectivity index (χ0) is 26.0. The molecule has 1 heterocycles. The van der Waals surface area contributed by atoms with Gasteiger partial charge in [-0.1, -0.05) is 45.4 Å². The Labute approximate surface area is 223 Å². The second kappa shape index (κ2) is 10.5. The average Bonchev–Trinajstić information content (AvgIpc) is 3.05. The lowest BCUT2D eigenvalue weighted by Crippen LogP contribution is -2.38. The van der Waals surface area contributed by atoms with Crippen molar-refractivity contribution in [3.05, 3.63) is 93.4 Å². The van der Waals surface area contributed by atoms with Crippen LogP contribution in [0.25, 0.3) is 0 Å². The summed E-state index contributed by atoms with van der Waals surface area (Å²) in [5.41, 5.74) is 2.25. The molecular weight excluding hydrogens is 562 g/mol. The van der Waals surface area contributed by atoms with E-state index in [0.29, 0.717) is 16.3 Å². The van der Waals surface area contributed by atoms with E-state index in [-0.39, 0.29) is 33.4 Å². The zero-order valence-electron chi connectivity index (χ0n) is 19.8. The fraction of sp³-hybridized carbons (Fsp3) is 0.154. The summed E-state index contributed by atoms with van der Waals surface area (Å²) in [6.07, 6.45) is 0. The Bertz CT molecular complexity index is 1430. The third-order valence-corrected chi connectivity index (χ3v) is 8.38. The number of aryl methyl sites for hydroxylation is 1. The lowest BCUT2D eigenvalue weighted by Gasteiger charge is -2.19. The van der Waals surface area contributed by atoms with Crippen molar-refractivity contribution in [3.63, 3.8) is 0 Å². The van der Waals surface area contributed by atoms with Crippen molar-refractivity contribution in [3.8, 4) is 0 Å². The summed E-state index contributed by atoms with van der Waals surface area (Å²) >= 11 is 4.55. The minimum absolute atomic E-state index is 0.171. The average molecular weight is 587 g/mol. The Kier molecular flexibility index (Phi) is 7.58. The van der Waals surface area contributed by atoms with E-state index in [1.807, 2.05) is 31.2 Å². The lowest BCUT2D eigenvalue weighted by molar-refractivity contribution is -0.139. The molecule has 0 radical (unpaired) electrons. The number of carbonyl (C=O) groups excluding carboxylic acids is 2. The van der Waals surface area contributed by atoms with Crippen LogP contribution in [0.4, 0.5) is 11.4 Å². The second-order valence-corrected chi connectivity index (χ2v) is 12.1. The van der Waals surface area contributed by atoms with Crippen LogP contribution in [0.2, 0.25) is 0 Å². The molecule has 186 valence electrons. The molecule has 0 bridgehead atoms. The maximum atomic E-state index is 13.1. The van der Waals surface area contributed by atoms with E-state index >= 15 is 0 Å². The van der Waals surface area contributed by atoms with Crippen molar-refractivity contribution < 1.29 is 18.0 Å². The normalized spacial score (nSPS) is 14.1. The molecule has 0 saturated heterocycles. The molecule has 2 amide bonds. The maximum Gasteiger partial charge on any atom is 0.278 e. The molecule has 0 aromatic heterocycles. The van der Waals surface area contributed by atoms with Crippen LogP contribution in [-0.4, -0.2) is 31.2 Å². The largest absolute Gasteiger partial charge is 0.350 e. The van der Waals surface area contributed by atoms with E-state index in [4.69, 9.17) is 0 Å². The Morgan fingerprint density at radius 3 is 2.00 bits per heavy atom. The van der Waals surface area contributed by atoms with E-state index in [9.17, 15) is 18.0 Å². The van der Waals surface area contributed by atoms with Gasteiger partial charge in [0.25, 0.3) is 21.8 Å². The van der Waals surface area contributed by atoms with Gasteiger partial charge in [-0.2, -0.15) is 0 Å². The van der Waals surface area contributed by atoms with E-state index in [0.717, 1.165) is 21.8 Å². The van der Waals surface area contributed by atoms with Gasteiger partial charge >= 0.3 is 0 Å². The van der Waals surface area contributed by atoms with Gasteiger partial charge in [-0.3, -0.25) is 19.2 Å². The number of carbonyl (C=O) groups is 2. The van der Waals surface area contributed by atoms with E-state index < -0.39 is 10.0 Å². The number of nitrogens with one attached hydrogen (secondary N) is 2. The maximum absolute atomic E-state index is 13.1. The number of hydrogen-bond donors (Lipinski definition) is 2. The van der Waals surface area contributed by atoms with Gasteiger partial charge in [-0.25, -0.2) is 8.42 Å². The number of hydrogen-bond acceptors (Lipinski definition) is 6. The molecule has 10 heteroatoms. The molecule has 3 aromatic carbocycles. The third kappa shape index (κ3) is 5.66. The van der Waals surface area contributed by atoms with Crippen molar-refractivity contribution in [1.82, 2.24) is 4.90 Å². The monoisotopic (exact) mass is 585 g/mol. The van der Waals surface area contributed by atoms with Gasteiger partial charge in [0.1, 0.15) is 10.6 Å². The fourth-order valence-electron chi connectivity index (χ4n) is 3.52. The van der Waals surface area contributed by atoms with Crippen LogP contribution >= 0.6 is 27.7 Å². The standard InChI is InChI=1S/C26H24BrN3O4S2/c1-16(2)30-25(31)23(28-19-8-6-18(27)7-9-19)24(26(30)32)35-21-12-10-20(11-13-21)29-36(33,34)22-14-4-17(3)5-15-22/h4-16,28-29H,1-3H3. The SMILES string of the molecule is Cc1ccc(S(=O)(=O)Nc2ccc(SC3=C(Nc4ccc(Br)cc4)C(=O)N(C(C)C)C3=O)cc2)cc1. The number of thioether (sulfide) groups is 1. The molecule has 0 atom stereocenters. The highest BCUT2D eigenvalue weighted by atomic mass is 79.9. The van der Waals surface area contributed by atoms with Crippen LogP contribution in [0.5, 0.6) is 0 Å². The molecule has 3 aromatic rings. The number of nitrogens with zero attached hydrogens (tertiary/aromatic N) is 1. The first kappa shape index (κ1) is 26.0. The van der Waals surface area contributed by atoms with Crippen molar-refractivity contribution in [2.75, 3.05) is 10.0 Å². The van der Waals surface area contributed by atoms with Gasteiger partial charge in [-0.15, -0.1) is 0 Å². The molecule has 0 aliphatic carbocycles. The highest BCUT2D eigenvalue weighted by molar-refractivity contribution is 9.10. The quantitative estimate of drug-likeness (QED) is 0.327. The fourth-order valence-corrected chi connectivity index (χ4v) is 5.77. The molecule has 36 heavy (non-hydrogen) atoms. The summed E-state index contributed by atoms with van der Waals surface area (Å²) in [6, 6.07) is 20.2. The van der Waals surface area contributed by atoms with Crippen molar-refractivity contribution in [2.45, 2.75) is 36.6 Å². The molecule has 1 aliphatic rings. The predicted molar refractivity (Wildman–Crippen MR) is 146 cm³/mol. The molecule has 0 spiro atoms. The van der Waals surface area contributed by atoms with Crippen LogP contribution in [0.1, 0.15) is 19.4 Å². The summed E-state index contributed by atoms with van der Waals surface area (Å²) in [5, 5.41) is 3.10. The van der Waals surface area contributed by atoms with Crippen molar-refractivity contribution >= 4 is 60.9 Å². The third-order valence-electron chi connectivity index (χ3n) is 5.36. The van der Waals surface area contributed by atoms with Gasteiger partial charge in [0.2, 0.25) is 0 Å². The molecule has 7 nitrogen and oxygen atoms in total. The first-order valence-electron chi connectivity index (χ1n) is 11.1. The molecular formula is C26H24BrN3O4S2. The number of amides is 2. The zero-order valence-corrected chi connectivity index (χ0v) is 23.0. The minimum atomic E-state index is -3.73. The summed E-state index contributed by atoms with van der Waals surface area (Å²) in [5.74, 6) is -0.758. The summed E-state index contributed by atoms with van der Waals surface area (Å²) < 4.78 is 28.8. The first-order chi connectivity index (χ1) is 17.0. The second-order valence-electron chi connectivity index (χ2n) is 8.46. The van der Waals surface area contributed by atoms with Gasteiger partial charge < -0.3 is 5.32 Å². The van der Waals surface area contributed by atoms with Gasteiger partial charge in [0, 0.05) is 26.8 Å². The van der Waals surface area contributed by atoms with Crippen molar-refractivity contribution in [1.29, 1.82) is 0 Å². The molecule has 0 unspecified atom stereocenters. The lowest BCUT2D eigenvalue weighted by atomic mass is 10.2. The van der Waals surface area contributed by atoms with Crippen LogP contribution in [0.15, 0.2) is 97.7 Å². The highest BCUT2D eigenvalue weighted by Gasteiger charge is 2.40. The Morgan fingerprint density at radius 1 is 0.833 bits per heavy atom. The van der Waals surface area contributed by atoms with E-state index in [1.165, 1.54) is 4.90 Å². The number of benzene rings is 3. The highest BCUT2D eigenvalue weighted by Crippen LogP contribution is 2.37. The van der Waals surface area contributed by atoms with Gasteiger partial charge in [0.15, 0.2) is 0 Å². The molecule has 0 fully saturated rings. The van der Waals surface area contributed by atoms with E-state index in [1.54, 1.807) is 62.4 Å². The number of anilines is 2. The topological polar surface area (TPSA) is 95.6 Å². The summed E-state index contributed by atoms with van der Waals surface area (Å²) in [4.78, 5) is 28.6. The van der Waals surface area contributed by atoms with Gasteiger partial charge in [0.05, 0.1) is 4.90 Å². The number of imide groups is 1. The molecule has 4 rings (SSSR count). The van der Waals surface area contributed by atoms with Crippen LogP contribution in [0.3, 0.4) is 0 Å². The number of rotatable bonds is 8. The predicted octanol–water partition coefficient (Wildman–Crippen LogP) is 5.75. The molecule has 2 N–H and O–H groups in total. The Balaban J connectivity index is 1.57. The van der Waals surface area contributed by atoms with Crippen molar-refractivity contribution in [2.24, 2.45) is 0 Å². The van der Waals surface area contributed by atoms with E-state index in [2.05, 4.69) is 26.0 Å². The Morgan fingerprint density at radius 2 is 1.42 bits per heavy atom. The summed E-state index contributed by atoms with van der Waals surface area (Å²) in [7, 11) is -3.73. The van der Waals surface area contributed by atoms with Crippen LogP contribution in [-0.2, 0) is 19.6 Å². The Hall–Kier alpha value is -3.08. The van der Waals surface area contributed by atoms with Crippen LogP contribution < -0.4 is 10.0 Å². The van der Waals surface area contributed by atoms with Crippen LogP contribution in [0, 0.1) is 6.92 Å². The molecule has 1 aliphatic heterocycles. The first-order valence-corrected chi connectivity index (χ1v) is 14.2. The summed E-state index contributed by atoms with van der Waals surface area (Å²) in [6.45, 7) is 5.46. The van der Waals surface area contributed by atoms with Gasteiger partial charge in [-0.05, 0) is 81.4 Å². The molecule has 0 saturated carbocycles. The number of halogens is 1.